The number of sulfonamides is 1. The molecular formula is C26H36N4O6S2. The number of alkyl carbamates (subject to hydrolysis) is 1. The van der Waals surface area contributed by atoms with Crippen LogP contribution in [0, 0.1) is 0 Å². The van der Waals surface area contributed by atoms with Gasteiger partial charge < -0.3 is 20.1 Å². The van der Waals surface area contributed by atoms with E-state index >= 15 is 0 Å². The number of carbonyl (C=O) groups is 2. The molecule has 0 radical (unpaired) electrons. The minimum absolute atomic E-state index is 0.0670. The highest BCUT2D eigenvalue weighted by Gasteiger charge is 2.30. The number of rotatable bonds is 9. The molecule has 0 spiro atoms. The quantitative estimate of drug-likeness (QED) is 0.426. The standard InChI is InChI=1S/C26H36N4O6S2/c1-4-28-38(34,35)23-11-17(12-24(32)30-14-20(31)15-30)5-10-21(23)22-13-27-25(37-22)18-6-8-19(9-7-18)29-26(33)36-16(2)3/h5,10-11,13,16,18-20,28,31H,4,6-9,12,14-15H2,1-3H3,(H,29,33)/t18-,19-. The predicted molar refractivity (Wildman–Crippen MR) is 144 cm³/mol. The molecule has 208 valence electrons. The fourth-order valence-corrected chi connectivity index (χ4v) is 7.32. The third-order valence-corrected chi connectivity index (χ3v) is 9.55. The van der Waals surface area contributed by atoms with Crippen molar-refractivity contribution in [2.24, 2.45) is 0 Å². The van der Waals surface area contributed by atoms with Crippen molar-refractivity contribution < 1.29 is 27.9 Å². The number of aromatic nitrogens is 1. The van der Waals surface area contributed by atoms with Gasteiger partial charge in [-0.15, -0.1) is 11.3 Å². The number of nitrogens with zero attached hydrogens (tertiary/aromatic N) is 2. The first-order valence-corrected chi connectivity index (χ1v) is 15.4. The third kappa shape index (κ3) is 6.90. The van der Waals surface area contributed by atoms with E-state index in [1.165, 1.54) is 11.3 Å². The number of ether oxygens (including phenoxy) is 1. The molecule has 2 heterocycles. The number of carbonyl (C=O) groups excluding carboxylic acids is 2. The number of aliphatic hydroxyl groups excluding tert-OH is 1. The van der Waals surface area contributed by atoms with Crippen molar-refractivity contribution >= 4 is 33.4 Å². The second-order valence-corrected chi connectivity index (χ2v) is 13.0. The highest BCUT2D eigenvalue weighted by Crippen LogP contribution is 2.39. The van der Waals surface area contributed by atoms with Crippen LogP contribution in [0.25, 0.3) is 10.4 Å². The van der Waals surface area contributed by atoms with Gasteiger partial charge in [-0.05, 0) is 51.2 Å². The molecular weight excluding hydrogens is 528 g/mol. The van der Waals surface area contributed by atoms with Crippen molar-refractivity contribution in [1.29, 1.82) is 0 Å². The van der Waals surface area contributed by atoms with E-state index in [1.54, 1.807) is 36.2 Å². The summed E-state index contributed by atoms with van der Waals surface area (Å²) in [7, 11) is -3.80. The van der Waals surface area contributed by atoms with Crippen LogP contribution in [0.15, 0.2) is 29.3 Å². The van der Waals surface area contributed by atoms with Crippen LogP contribution >= 0.6 is 11.3 Å². The van der Waals surface area contributed by atoms with E-state index < -0.39 is 16.1 Å². The Labute approximate surface area is 227 Å². The summed E-state index contributed by atoms with van der Waals surface area (Å²) in [4.78, 5) is 31.5. The molecule has 0 unspecified atom stereocenters. The number of hydrogen-bond donors (Lipinski definition) is 3. The summed E-state index contributed by atoms with van der Waals surface area (Å²) < 4.78 is 34.0. The normalized spacial score (nSPS) is 20.3. The summed E-state index contributed by atoms with van der Waals surface area (Å²) in [5, 5.41) is 13.4. The average Bonchev–Trinajstić information content (AvgIpc) is 3.32. The summed E-state index contributed by atoms with van der Waals surface area (Å²) in [5.74, 6) is 0.100. The monoisotopic (exact) mass is 564 g/mol. The lowest BCUT2D eigenvalue weighted by Gasteiger charge is -2.36. The lowest BCUT2D eigenvalue weighted by molar-refractivity contribution is -0.140. The Morgan fingerprint density at radius 1 is 1.21 bits per heavy atom. The van der Waals surface area contributed by atoms with E-state index in [-0.39, 0.29) is 47.9 Å². The van der Waals surface area contributed by atoms with Crippen molar-refractivity contribution in [1.82, 2.24) is 19.9 Å². The molecule has 2 fully saturated rings. The average molecular weight is 565 g/mol. The van der Waals surface area contributed by atoms with Gasteiger partial charge in [0.1, 0.15) is 0 Å². The molecule has 2 amide bonds. The maximum Gasteiger partial charge on any atom is 0.407 e. The first-order valence-electron chi connectivity index (χ1n) is 13.1. The van der Waals surface area contributed by atoms with Crippen LogP contribution in [0.3, 0.4) is 0 Å². The molecule has 1 saturated heterocycles. The predicted octanol–water partition coefficient (Wildman–Crippen LogP) is 3.01. The molecule has 3 N–H and O–H groups in total. The number of amides is 2. The summed E-state index contributed by atoms with van der Waals surface area (Å²) in [6.45, 7) is 6.22. The van der Waals surface area contributed by atoms with Crippen LogP contribution in [-0.2, 0) is 26.0 Å². The Morgan fingerprint density at radius 3 is 2.55 bits per heavy atom. The van der Waals surface area contributed by atoms with Gasteiger partial charge in [-0.2, -0.15) is 0 Å². The number of hydrogen-bond acceptors (Lipinski definition) is 8. The zero-order chi connectivity index (χ0) is 27.4. The number of benzene rings is 1. The number of nitrogens with one attached hydrogen (secondary N) is 2. The summed E-state index contributed by atoms with van der Waals surface area (Å²) >= 11 is 1.48. The molecule has 1 aliphatic carbocycles. The van der Waals surface area contributed by atoms with Crippen molar-refractivity contribution in [3.63, 3.8) is 0 Å². The van der Waals surface area contributed by atoms with Crippen LogP contribution in [0.1, 0.15) is 62.9 Å². The first kappa shape index (κ1) is 28.5. The number of aliphatic hydroxyl groups is 1. The van der Waals surface area contributed by atoms with Crippen LogP contribution in [0.4, 0.5) is 4.79 Å². The van der Waals surface area contributed by atoms with Gasteiger partial charge in [0.15, 0.2) is 0 Å². The number of β-amino-alcohol motifs (C(OH)–C–C–N with tert-alkyl or cyclic N) is 1. The number of thiazole rings is 1. The molecule has 1 aromatic heterocycles. The van der Waals surface area contributed by atoms with Gasteiger partial charge in [-0.1, -0.05) is 19.1 Å². The molecule has 1 aliphatic heterocycles. The van der Waals surface area contributed by atoms with Crippen molar-refractivity contribution in [2.75, 3.05) is 19.6 Å². The van der Waals surface area contributed by atoms with Gasteiger partial charge in [0.05, 0.1) is 33.4 Å². The Bertz CT molecular complexity index is 1250. The van der Waals surface area contributed by atoms with Gasteiger partial charge in [0, 0.05) is 43.4 Å². The summed E-state index contributed by atoms with van der Waals surface area (Å²) in [6.07, 6.45) is 4.14. The highest BCUT2D eigenvalue weighted by molar-refractivity contribution is 7.89. The van der Waals surface area contributed by atoms with Crippen molar-refractivity contribution in [2.45, 2.75) is 81.9 Å². The second kappa shape index (κ2) is 12.1. The molecule has 0 bridgehead atoms. The minimum Gasteiger partial charge on any atom is -0.447 e. The van der Waals surface area contributed by atoms with E-state index in [4.69, 9.17) is 4.74 Å². The van der Waals surface area contributed by atoms with Gasteiger partial charge in [0.25, 0.3) is 0 Å². The van der Waals surface area contributed by atoms with Crippen LogP contribution in [-0.4, -0.2) is 73.3 Å². The van der Waals surface area contributed by atoms with Crippen LogP contribution in [0.2, 0.25) is 0 Å². The van der Waals surface area contributed by atoms with Crippen molar-refractivity contribution in [3.05, 3.63) is 35.0 Å². The largest absolute Gasteiger partial charge is 0.447 e. The van der Waals surface area contributed by atoms with E-state index in [2.05, 4.69) is 15.0 Å². The topological polar surface area (TPSA) is 138 Å². The van der Waals surface area contributed by atoms with Gasteiger partial charge in [-0.3, -0.25) is 4.79 Å². The van der Waals surface area contributed by atoms with Gasteiger partial charge >= 0.3 is 6.09 Å². The summed E-state index contributed by atoms with van der Waals surface area (Å²) in [6, 6.07) is 5.16. The van der Waals surface area contributed by atoms with E-state index in [1.807, 2.05) is 13.8 Å². The second-order valence-electron chi connectivity index (χ2n) is 10.2. The van der Waals surface area contributed by atoms with Crippen molar-refractivity contribution in [3.8, 4) is 10.4 Å². The fourth-order valence-electron chi connectivity index (χ4n) is 4.82. The first-order chi connectivity index (χ1) is 18.1. The Hall–Kier alpha value is -2.54. The van der Waals surface area contributed by atoms with Crippen LogP contribution < -0.4 is 10.0 Å². The minimum atomic E-state index is -3.80. The molecule has 10 nitrogen and oxygen atoms in total. The molecule has 4 rings (SSSR count). The Balaban J connectivity index is 1.48. The van der Waals surface area contributed by atoms with E-state index in [9.17, 15) is 23.1 Å². The van der Waals surface area contributed by atoms with Crippen LogP contribution in [0.5, 0.6) is 0 Å². The maximum absolute atomic E-state index is 13.1. The Kier molecular flexibility index (Phi) is 9.07. The zero-order valence-corrected chi connectivity index (χ0v) is 23.6. The molecule has 1 saturated carbocycles. The molecule has 38 heavy (non-hydrogen) atoms. The van der Waals surface area contributed by atoms with Gasteiger partial charge in [-0.25, -0.2) is 22.9 Å². The molecule has 0 atom stereocenters. The number of likely N-dealkylation sites (tertiary alicyclic amines) is 1. The lowest BCUT2D eigenvalue weighted by Crippen LogP contribution is -2.53. The molecule has 2 aliphatic rings. The fraction of sp³-hybridized carbons (Fsp3) is 0.577. The van der Waals surface area contributed by atoms with E-state index in [0.29, 0.717) is 24.2 Å². The summed E-state index contributed by atoms with van der Waals surface area (Å²) in [5.41, 5.74) is 1.15. The van der Waals surface area contributed by atoms with E-state index in [0.717, 1.165) is 35.6 Å². The Morgan fingerprint density at radius 2 is 1.92 bits per heavy atom. The molecule has 12 heteroatoms. The third-order valence-electron chi connectivity index (χ3n) is 6.77. The molecule has 2 aromatic rings. The highest BCUT2D eigenvalue weighted by atomic mass is 32.2. The van der Waals surface area contributed by atoms with Gasteiger partial charge in [0.2, 0.25) is 15.9 Å². The zero-order valence-electron chi connectivity index (χ0n) is 22.0. The SMILES string of the molecule is CCNS(=O)(=O)c1cc(CC(=O)N2CC(O)C2)ccc1-c1cnc([C@H]2CC[C@H](NC(=O)OC(C)C)CC2)s1. The maximum atomic E-state index is 13.1. The molecule has 1 aromatic carbocycles. The smallest absolute Gasteiger partial charge is 0.407 e. The lowest BCUT2D eigenvalue weighted by atomic mass is 9.86.